The summed E-state index contributed by atoms with van der Waals surface area (Å²) in [6, 6.07) is 0. The van der Waals surface area contributed by atoms with Crippen molar-refractivity contribution in [3.8, 4) is 0 Å². The number of guanidine groups is 1. The van der Waals surface area contributed by atoms with Gasteiger partial charge in [-0.3, -0.25) is 9.79 Å². The predicted molar refractivity (Wildman–Crippen MR) is 133 cm³/mol. The largest absolute Gasteiger partial charge is 0.357 e. The number of nitrogens with zero attached hydrogens (tertiary/aromatic N) is 3. The van der Waals surface area contributed by atoms with Gasteiger partial charge in [0, 0.05) is 27.2 Å². The minimum Gasteiger partial charge on any atom is -0.357 e. The zero-order chi connectivity index (χ0) is 20.2. The van der Waals surface area contributed by atoms with Crippen molar-refractivity contribution in [3.63, 3.8) is 0 Å². The Morgan fingerprint density at radius 3 is 2.31 bits per heavy atom. The van der Waals surface area contributed by atoms with Gasteiger partial charge in [0.25, 0.3) is 0 Å². The first-order valence-electron chi connectivity index (χ1n) is 11.5. The van der Waals surface area contributed by atoms with Crippen LogP contribution in [-0.4, -0.2) is 75.0 Å². The molecule has 1 aliphatic carbocycles. The summed E-state index contributed by atoms with van der Waals surface area (Å²) < 4.78 is 0. The van der Waals surface area contributed by atoms with E-state index in [9.17, 15) is 4.79 Å². The molecule has 2 rings (SSSR count). The Hall–Kier alpha value is -0.570. The number of carbonyl (C=O) groups is 1. The number of hydrogen-bond donors (Lipinski definition) is 2. The topological polar surface area (TPSA) is 60.0 Å². The lowest BCUT2D eigenvalue weighted by Crippen LogP contribution is -2.43. The van der Waals surface area contributed by atoms with Crippen molar-refractivity contribution in [1.82, 2.24) is 20.4 Å². The second kappa shape index (κ2) is 14.4. The summed E-state index contributed by atoms with van der Waals surface area (Å²) in [5.74, 6) is 1.10. The van der Waals surface area contributed by atoms with Crippen molar-refractivity contribution >= 4 is 35.8 Å². The van der Waals surface area contributed by atoms with Gasteiger partial charge in [0.1, 0.15) is 0 Å². The maximum absolute atomic E-state index is 12.7. The molecule has 1 aliphatic heterocycles. The third-order valence-electron chi connectivity index (χ3n) is 6.20. The third kappa shape index (κ3) is 8.99. The van der Waals surface area contributed by atoms with E-state index in [-0.39, 0.29) is 35.3 Å². The van der Waals surface area contributed by atoms with Crippen LogP contribution in [0, 0.1) is 5.41 Å². The van der Waals surface area contributed by atoms with Gasteiger partial charge in [-0.2, -0.15) is 0 Å². The maximum Gasteiger partial charge on any atom is 0.230 e. The number of amides is 1. The highest BCUT2D eigenvalue weighted by Crippen LogP contribution is 2.39. The van der Waals surface area contributed by atoms with Gasteiger partial charge >= 0.3 is 0 Å². The lowest BCUT2D eigenvalue weighted by atomic mass is 9.85. The third-order valence-corrected chi connectivity index (χ3v) is 6.20. The molecular weight excluding hydrogens is 477 g/mol. The van der Waals surface area contributed by atoms with E-state index < -0.39 is 0 Å². The normalized spacial score (nSPS) is 19.5. The van der Waals surface area contributed by atoms with Crippen LogP contribution >= 0.6 is 24.0 Å². The number of unbranched alkanes of at least 4 members (excludes halogenated alkanes) is 2. The Bertz CT molecular complexity index is 486. The quantitative estimate of drug-likeness (QED) is 0.200. The van der Waals surface area contributed by atoms with Crippen molar-refractivity contribution in [2.24, 2.45) is 10.4 Å². The molecule has 2 fully saturated rings. The molecule has 0 radical (unpaired) electrons. The number of aliphatic imine (C=N–C) groups is 1. The van der Waals surface area contributed by atoms with Crippen LogP contribution < -0.4 is 10.6 Å². The van der Waals surface area contributed by atoms with E-state index in [1.807, 2.05) is 14.1 Å². The summed E-state index contributed by atoms with van der Waals surface area (Å²) in [7, 11) is 3.72. The van der Waals surface area contributed by atoms with Gasteiger partial charge in [-0.1, -0.05) is 25.7 Å². The van der Waals surface area contributed by atoms with Gasteiger partial charge in [0.15, 0.2) is 5.96 Å². The number of likely N-dealkylation sites (tertiary alicyclic amines) is 1. The fourth-order valence-electron chi connectivity index (χ4n) is 4.56. The van der Waals surface area contributed by atoms with Crippen molar-refractivity contribution in [2.75, 3.05) is 53.4 Å². The smallest absolute Gasteiger partial charge is 0.230 e. The van der Waals surface area contributed by atoms with Gasteiger partial charge in [-0.05, 0) is 65.1 Å². The Balaban J connectivity index is 0.00000420. The van der Waals surface area contributed by atoms with Crippen molar-refractivity contribution in [3.05, 3.63) is 0 Å². The SMILES string of the molecule is CCNC(=NCC1(C(=O)N(C)C)CCCC1)NCCCCCN1CCCCC1.I. The fraction of sp³-hybridized carbons (Fsp3) is 0.909. The molecule has 0 aromatic rings. The number of halogens is 1. The van der Waals surface area contributed by atoms with Gasteiger partial charge in [-0.15, -0.1) is 24.0 Å². The van der Waals surface area contributed by atoms with Crippen LogP contribution in [0.4, 0.5) is 0 Å². The van der Waals surface area contributed by atoms with E-state index in [1.165, 1.54) is 58.2 Å². The number of piperidine rings is 1. The molecule has 1 heterocycles. The second-order valence-electron chi connectivity index (χ2n) is 8.77. The molecule has 2 aliphatic rings. The van der Waals surface area contributed by atoms with Crippen LogP contribution in [0.2, 0.25) is 0 Å². The highest BCUT2D eigenvalue weighted by Gasteiger charge is 2.42. The van der Waals surface area contributed by atoms with E-state index in [0.717, 1.165) is 44.7 Å². The van der Waals surface area contributed by atoms with Crippen molar-refractivity contribution in [1.29, 1.82) is 0 Å². The Morgan fingerprint density at radius 2 is 1.69 bits per heavy atom. The Kier molecular flexibility index (Phi) is 13.2. The molecule has 0 bridgehead atoms. The molecule has 0 unspecified atom stereocenters. The molecule has 0 aromatic heterocycles. The summed E-state index contributed by atoms with van der Waals surface area (Å²) in [6.07, 6.45) is 12.1. The van der Waals surface area contributed by atoms with E-state index in [0.29, 0.717) is 6.54 Å². The first kappa shape index (κ1) is 26.5. The van der Waals surface area contributed by atoms with Gasteiger partial charge < -0.3 is 20.4 Å². The molecule has 0 aromatic carbocycles. The predicted octanol–water partition coefficient (Wildman–Crippen LogP) is 3.46. The summed E-state index contributed by atoms with van der Waals surface area (Å²) in [5.41, 5.74) is -0.291. The molecule has 7 heteroatoms. The summed E-state index contributed by atoms with van der Waals surface area (Å²) in [6.45, 7) is 8.31. The van der Waals surface area contributed by atoms with Crippen LogP contribution in [0.3, 0.4) is 0 Å². The van der Waals surface area contributed by atoms with Crippen molar-refractivity contribution < 1.29 is 4.79 Å². The van der Waals surface area contributed by atoms with Gasteiger partial charge in [-0.25, -0.2) is 0 Å². The van der Waals surface area contributed by atoms with Crippen LogP contribution in [-0.2, 0) is 4.79 Å². The summed E-state index contributed by atoms with van der Waals surface area (Å²) in [5, 5.41) is 6.81. The van der Waals surface area contributed by atoms with E-state index in [2.05, 4.69) is 22.5 Å². The standard InChI is InChI=1S/C22H43N5O.HI/c1-4-23-21(24-15-9-5-10-16-27-17-11-6-12-18-27)25-19-22(13-7-8-14-22)20(28)26(2)3;/h4-19H2,1-3H3,(H2,23,24,25);1H. The van der Waals surface area contributed by atoms with Crippen LogP contribution in [0.1, 0.15) is 71.1 Å². The summed E-state index contributed by atoms with van der Waals surface area (Å²) in [4.78, 5) is 21.9. The minimum atomic E-state index is -0.291. The lowest BCUT2D eigenvalue weighted by molar-refractivity contribution is -0.138. The van der Waals surface area contributed by atoms with Gasteiger partial charge in [0.2, 0.25) is 5.91 Å². The minimum absolute atomic E-state index is 0. The molecule has 170 valence electrons. The molecule has 1 amide bonds. The first-order valence-corrected chi connectivity index (χ1v) is 11.5. The number of nitrogens with one attached hydrogen (secondary N) is 2. The van der Waals surface area contributed by atoms with E-state index in [4.69, 9.17) is 4.99 Å². The zero-order valence-corrected chi connectivity index (χ0v) is 21.3. The number of hydrogen-bond acceptors (Lipinski definition) is 3. The average molecular weight is 522 g/mol. The van der Waals surface area contributed by atoms with Crippen LogP contribution in [0.25, 0.3) is 0 Å². The second-order valence-corrected chi connectivity index (χ2v) is 8.77. The molecular formula is C22H44IN5O. The maximum atomic E-state index is 12.7. The molecule has 0 atom stereocenters. The Labute approximate surface area is 195 Å². The Morgan fingerprint density at radius 1 is 1.00 bits per heavy atom. The zero-order valence-electron chi connectivity index (χ0n) is 19.0. The number of carbonyl (C=O) groups excluding carboxylic acids is 1. The van der Waals surface area contributed by atoms with Crippen LogP contribution in [0.15, 0.2) is 4.99 Å². The number of rotatable bonds is 10. The average Bonchev–Trinajstić information content (AvgIpc) is 3.18. The molecule has 6 nitrogen and oxygen atoms in total. The highest BCUT2D eigenvalue weighted by atomic mass is 127. The summed E-state index contributed by atoms with van der Waals surface area (Å²) >= 11 is 0. The first-order chi connectivity index (χ1) is 13.6. The lowest BCUT2D eigenvalue weighted by Gasteiger charge is -2.29. The monoisotopic (exact) mass is 521 g/mol. The van der Waals surface area contributed by atoms with Gasteiger partial charge in [0.05, 0.1) is 12.0 Å². The highest BCUT2D eigenvalue weighted by molar-refractivity contribution is 14.0. The van der Waals surface area contributed by atoms with E-state index in [1.54, 1.807) is 4.90 Å². The molecule has 0 spiro atoms. The van der Waals surface area contributed by atoms with Crippen LogP contribution in [0.5, 0.6) is 0 Å². The molecule has 29 heavy (non-hydrogen) atoms. The van der Waals surface area contributed by atoms with Crippen molar-refractivity contribution in [2.45, 2.75) is 71.1 Å². The molecule has 1 saturated carbocycles. The molecule has 1 saturated heterocycles. The fourth-order valence-corrected chi connectivity index (χ4v) is 4.56. The molecule has 2 N–H and O–H groups in total. The van der Waals surface area contributed by atoms with E-state index >= 15 is 0 Å².